The molecular formula is C9H5F2N3O2. The van der Waals surface area contributed by atoms with E-state index in [9.17, 15) is 13.6 Å². The van der Waals surface area contributed by atoms with Gasteiger partial charge in [-0.2, -0.15) is 0 Å². The highest BCUT2D eigenvalue weighted by molar-refractivity contribution is 5.91. The van der Waals surface area contributed by atoms with E-state index >= 15 is 0 Å². The zero-order chi connectivity index (χ0) is 11.7. The van der Waals surface area contributed by atoms with Crippen molar-refractivity contribution in [1.29, 1.82) is 0 Å². The number of aromatic nitrogens is 2. The Hall–Kier alpha value is -2.31. The number of primary amides is 1. The molecule has 2 rings (SSSR count). The van der Waals surface area contributed by atoms with Crippen molar-refractivity contribution >= 4 is 5.91 Å². The Labute approximate surface area is 87.9 Å². The fraction of sp³-hybridized carbons (Fsp3) is 0. The van der Waals surface area contributed by atoms with Crippen molar-refractivity contribution in [2.75, 3.05) is 0 Å². The molecular weight excluding hydrogens is 220 g/mol. The molecule has 2 N–H and O–H groups in total. The smallest absolute Gasteiger partial charge is 0.270 e. The van der Waals surface area contributed by atoms with Gasteiger partial charge in [-0.1, -0.05) is 5.16 Å². The van der Waals surface area contributed by atoms with Gasteiger partial charge in [0.25, 0.3) is 5.91 Å². The predicted octanol–water partition coefficient (Wildman–Crippen LogP) is 1.11. The number of nitrogens with two attached hydrogens (primary N) is 1. The number of rotatable bonds is 2. The Balaban J connectivity index is 2.46. The highest BCUT2D eigenvalue weighted by Crippen LogP contribution is 2.21. The van der Waals surface area contributed by atoms with Gasteiger partial charge < -0.3 is 10.3 Å². The summed E-state index contributed by atoms with van der Waals surface area (Å²) in [6.45, 7) is 0. The van der Waals surface area contributed by atoms with Crippen LogP contribution >= 0.6 is 0 Å². The van der Waals surface area contributed by atoms with E-state index in [1.54, 1.807) is 0 Å². The maximum atomic E-state index is 13.2. The van der Waals surface area contributed by atoms with Gasteiger partial charge in [0.05, 0.1) is 6.20 Å². The lowest BCUT2D eigenvalue weighted by Crippen LogP contribution is -2.10. The fourth-order valence-electron chi connectivity index (χ4n) is 1.10. The van der Waals surface area contributed by atoms with Gasteiger partial charge in [0.2, 0.25) is 0 Å². The highest BCUT2D eigenvalue weighted by Gasteiger charge is 2.15. The summed E-state index contributed by atoms with van der Waals surface area (Å²) in [6.07, 6.45) is 0.824. The van der Waals surface area contributed by atoms with Crippen molar-refractivity contribution in [2.24, 2.45) is 5.73 Å². The van der Waals surface area contributed by atoms with E-state index in [-0.39, 0.29) is 17.1 Å². The second kappa shape index (κ2) is 3.69. The molecule has 2 aromatic rings. The summed E-state index contributed by atoms with van der Waals surface area (Å²) >= 11 is 0. The normalized spacial score (nSPS) is 10.4. The van der Waals surface area contributed by atoms with Crippen LogP contribution in [0.5, 0.6) is 0 Å². The minimum atomic E-state index is -0.910. The number of hydrogen-bond acceptors (Lipinski definition) is 4. The molecule has 2 heterocycles. The Morgan fingerprint density at radius 3 is 2.69 bits per heavy atom. The average molecular weight is 225 g/mol. The van der Waals surface area contributed by atoms with Crippen molar-refractivity contribution in [3.63, 3.8) is 0 Å². The lowest BCUT2D eigenvalue weighted by atomic mass is 10.2. The molecule has 16 heavy (non-hydrogen) atoms. The Morgan fingerprint density at radius 1 is 1.38 bits per heavy atom. The molecule has 0 spiro atoms. The van der Waals surface area contributed by atoms with Gasteiger partial charge in [-0.3, -0.25) is 4.79 Å². The molecule has 0 atom stereocenters. The summed E-state index contributed by atoms with van der Waals surface area (Å²) in [5, 5.41) is 3.31. The van der Waals surface area contributed by atoms with Crippen LogP contribution < -0.4 is 5.73 Å². The molecule has 82 valence electrons. The summed E-state index contributed by atoms with van der Waals surface area (Å²) < 4.78 is 30.5. The molecule has 0 saturated carbocycles. The van der Waals surface area contributed by atoms with Crippen LogP contribution in [0.1, 0.15) is 10.5 Å². The highest BCUT2D eigenvalue weighted by atomic mass is 19.1. The van der Waals surface area contributed by atoms with Crippen molar-refractivity contribution in [3.05, 3.63) is 35.7 Å². The minimum Gasteiger partial charge on any atom is -0.364 e. The number of carbonyl (C=O) groups excluding carboxylic acids is 1. The number of nitrogens with zero attached hydrogens (tertiary/aromatic N) is 2. The SMILES string of the molecule is NC(=O)c1cc(-c2ncc(F)cc2F)on1. The molecule has 0 unspecified atom stereocenters. The van der Waals surface area contributed by atoms with Crippen LogP contribution in [-0.4, -0.2) is 16.0 Å². The van der Waals surface area contributed by atoms with E-state index in [2.05, 4.69) is 14.7 Å². The molecule has 7 heteroatoms. The molecule has 0 radical (unpaired) electrons. The average Bonchev–Trinajstić information content (AvgIpc) is 2.66. The van der Waals surface area contributed by atoms with Gasteiger partial charge in [0.1, 0.15) is 11.5 Å². The molecule has 0 aliphatic rings. The van der Waals surface area contributed by atoms with Crippen molar-refractivity contribution in [3.8, 4) is 11.5 Å². The molecule has 0 aliphatic heterocycles. The fourth-order valence-corrected chi connectivity index (χ4v) is 1.10. The number of pyridine rings is 1. The second-order valence-corrected chi connectivity index (χ2v) is 2.92. The van der Waals surface area contributed by atoms with Crippen LogP contribution in [0, 0.1) is 11.6 Å². The minimum absolute atomic E-state index is 0.0914. The van der Waals surface area contributed by atoms with Crippen molar-refractivity contribution in [1.82, 2.24) is 10.1 Å². The van der Waals surface area contributed by atoms with Crippen LogP contribution in [-0.2, 0) is 0 Å². The van der Waals surface area contributed by atoms with E-state index in [0.717, 1.165) is 12.3 Å². The number of amides is 1. The van der Waals surface area contributed by atoms with E-state index in [0.29, 0.717) is 6.07 Å². The Morgan fingerprint density at radius 2 is 2.12 bits per heavy atom. The quantitative estimate of drug-likeness (QED) is 0.829. The van der Waals surface area contributed by atoms with Gasteiger partial charge in [-0.05, 0) is 0 Å². The van der Waals surface area contributed by atoms with Gasteiger partial charge in [-0.15, -0.1) is 0 Å². The number of hydrogen-bond donors (Lipinski definition) is 1. The van der Waals surface area contributed by atoms with Crippen LogP contribution in [0.15, 0.2) is 22.9 Å². The van der Waals surface area contributed by atoms with Gasteiger partial charge in [-0.25, -0.2) is 13.8 Å². The lowest BCUT2D eigenvalue weighted by molar-refractivity contribution is 0.0992. The molecule has 1 amide bonds. The lowest BCUT2D eigenvalue weighted by Gasteiger charge is -1.95. The van der Waals surface area contributed by atoms with Crippen molar-refractivity contribution < 1.29 is 18.1 Å². The predicted molar refractivity (Wildman–Crippen MR) is 48.2 cm³/mol. The third-order valence-electron chi connectivity index (χ3n) is 1.80. The Bertz CT molecular complexity index is 553. The van der Waals surface area contributed by atoms with E-state index in [1.165, 1.54) is 0 Å². The first-order valence-electron chi connectivity index (χ1n) is 4.16. The number of halogens is 2. The summed E-state index contributed by atoms with van der Waals surface area (Å²) in [4.78, 5) is 14.2. The summed E-state index contributed by atoms with van der Waals surface area (Å²) in [5.41, 5.74) is 4.54. The molecule has 0 bridgehead atoms. The molecule has 5 nitrogen and oxygen atoms in total. The zero-order valence-electron chi connectivity index (χ0n) is 7.78. The maximum absolute atomic E-state index is 13.2. The maximum Gasteiger partial charge on any atom is 0.270 e. The number of carbonyl (C=O) groups is 1. The monoisotopic (exact) mass is 225 g/mol. The summed E-state index contributed by atoms with van der Waals surface area (Å²) in [6, 6.07) is 1.78. The largest absolute Gasteiger partial charge is 0.364 e. The summed E-state index contributed by atoms with van der Waals surface area (Å²) in [5.74, 6) is -2.62. The van der Waals surface area contributed by atoms with Gasteiger partial charge >= 0.3 is 0 Å². The zero-order valence-corrected chi connectivity index (χ0v) is 7.78. The van der Waals surface area contributed by atoms with E-state index in [4.69, 9.17) is 5.73 Å². The standard InChI is InChI=1S/C9H5F2N3O2/c10-4-1-5(11)8(13-3-4)7-2-6(9(12)15)14-16-7/h1-3H,(H2,12,15). The van der Waals surface area contributed by atoms with E-state index < -0.39 is 17.5 Å². The molecule has 0 aromatic carbocycles. The summed E-state index contributed by atoms with van der Waals surface area (Å²) in [7, 11) is 0. The Kier molecular flexibility index (Phi) is 2.35. The molecule has 0 saturated heterocycles. The van der Waals surface area contributed by atoms with E-state index in [1.807, 2.05) is 0 Å². The van der Waals surface area contributed by atoms with Gasteiger partial charge in [0.15, 0.2) is 17.3 Å². The first-order valence-corrected chi connectivity index (χ1v) is 4.16. The third-order valence-corrected chi connectivity index (χ3v) is 1.80. The van der Waals surface area contributed by atoms with Crippen LogP contribution in [0.2, 0.25) is 0 Å². The van der Waals surface area contributed by atoms with Crippen LogP contribution in [0.4, 0.5) is 8.78 Å². The molecule has 2 aromatic heterocycles. The van der Waals surface area contributed by atoms with Gasteiger partial charge in [0, 0.05) is 12.1 Å². The molecule has 0 fully saturated rings. The van der Waals surface area contributed by atoms with Crippen molar-refractivity contribution in [2.45, 2.75) is 0 Å². The van der Waals surface area contributed by atoms with Crippen LogP contribution in [0.25, 0.3) is 11.5 Å². The first kappa shape index (κ1) is 10.2. The first-order chi connectivity index (χ1) is 7.58. The topological polar surface area (TPSA) is 82.0 Å². The van der Waals surface area contributed by atoms with Crippen LogP contribution in [0.3, 0.4) is 0 Å². The molecule has 0 aliphatic carbocycles. The third kappa shape index (κ3) is 1.74. The second-order valence-electron chi connectivity index (χ2n) is 2.92.